The van der Waals surface area contributed by atoms with Crippen molar-refractivity contribution < 1.29 is 4.79 Å². The van der Waals surface area contributed by atoms with E-state index in [1.165, 1.54) is 0 Å². The van der Waals surface area contributed by atoms with Gasteiger partial charge in [-0.3, -0.25) is 4.79 Å². The van der Waals surface area contributed by atoms with Crippen LogP contribution in [-0.2, 0) is 0 Å². The summed E-state index contributed by atoms with van der Waals surface area (Å²) in [5.41, 5.74) is 3.99. The molecule has 0 aliphatic heterocycles. The number of hydrogen-bond donors (Lipinski definition) is 0. The van der Waals surface area contributed by atoms with E-state index in [0.29, 0.717) is 5.56 Å². The van der Waals surface area contributed by atoms with E-state index in [4.69, 9.17) is 0 Å². The van der Waals surface area contributed by atoms with Crippen molar-refractivity contribution in [2.75, 3.05) is 0 Å². The van der Waals surface area contributed by atoms with Gasteiger partial charge in [0.05, 0.1) is 0 Å². The van der Waals surface area contributed by atoms with Gasteiger partial charge in [-0.25, -0.2) is 0 Å². The van der Waals surface area contributed by atoms with Gasteiger partial charge in [0.2, 0.25) is 0 Å². The minimum atomic E-state index is 0.0171. The first-order valence-corrected chi connectivity index (χ1v) is 7.26. The van der Waals surface area contributed by atoms with Gasteiger partial charge in [-0.15, -0.1) is 0 Å². The van der Waals surface area contributed by atoms with Crippen LogP contribution in [0.3, 0.4) is 0 Å². The van der Waals surface area contributed by atoms with E-state index in [2.05, 4.69) is 12.1 Å². The molecule has 0 radical (unpaired) electrons. The van der Waals surface area contributed by atoms with Gasteiger partial charge in [-0.05, 0) is 22.8 Å². The zero-order valence-electron chi connectivity index (χ0n) is 12.1. The van der Waals surface area contributed by atoms with E-state index < -0.39 is 0 Å². The summed E-state index contributed by atoms with van der Waals surface area (Å²) in [4.78, 5) is 12.2. The number of carbonyl (C=O) groups is 1. The van der Waals surface area contributed by atoms with Crippen LogP contribution >= 0.6 is 0 Å². The first-order valence-electron chi connectivity index (χ1n) is 7.26. The fraction of sp³-hybridized carbons (Fsp3) is 0. The summed E-state index contributed by atoms with van der Waals surface area (Å²) in [6, 6.07) is 27.7. The van der Waals surface area contributed by atoms with E-state index in [1.807, 2.05) is 78.9 Å². The molecule has 3 rings (SSSR count). The van der Waals surface area contributed by atoms with Gasteiger partial charge >= 0.3 is 0 Å². The predicted molar refractivity (Wildman–Crippen MR) is 91.7 cm³/mol. The maximum Gasteiger partial charge on any atom is 0.185 e. The molecule has 0 saturated heterocycles. The van der Waals surface area contributed by atoms with Crippen LogP contribution in [0.4, 0.5) is 0 Å². The van der Waals surface area contributed by atoms with Gasteiger partial charge < -0.3 is 0 Å². The van der Waals surface area contributed by atoms with Crippen LogP contribution in [0.25, 0.3) is 17.2 Å². The third kappa shape index (κ3) is 3.39. The molecule has 0 aliphatic rings. The lowest BCUT2D eigenvalue weighted by Crippen LogP contribution is -1.93. The highest BCUT2D eigenvalue weighted by atomic mass is 16.1. The second-order valence-corrected chi connectivity index (χ2v) is 5.05. The second kappa shape index (κ2) is 6.68. The van der Waals surface area contributed by atoms with Crippen molar-refractivity contribution in [1.82, 2.24) is 0 Å². The lowest BCUT2D eigenvalue weighted by atomic mass is 10.0. The first kappa shape index (κ1) is 14.0. The van der Waals surface area contributed by atoms with Gasteiger partial charge in [-0.2, -0.15) is 0 Å². The highest BCUT2D eigenvalue weighted by Crippen LogP contribution is 2.19. The molecule has 0 aromatic heterocycles. The summed E-state index contributed by atoms with van der Waals surface area (Å²) in [7, 11) is 0. The van der Waals surface area contributed by atoms with Crippen molar-refractivity contribution in [3.8, 4) is 11.1 Å². The Morgan fingerprint density at radius 3 is 1.82 bits per heavy atom. The number of hydrogen-bond acceptors (Lipinski definition) is 1. The monoisotopic (exact) mass is 284 g/mol. The molecular weight excluding hydrogens is 268 g/mol. The fourth-order valence-corrected chi connectivity index (χ4v) is 2.29. The van der Waals surface area contributed by atoms with E-state index >= 15 is 0 Å². The number of ketones is 1. The average molecular weight is 284 g/mol. The third-order valence-electron chi connectivity index (χ3n) is 3.50. The standard InChI is InChI=1S/C21H16O/c22-21(16-11-17-7-3-1-4-8-17)20-14-12-19(13-15-20)18-9-5-2-6-10-18/h1-16H/b16-11-. The normalized spacial score (nSPS) is 10.7. The maximum atomic E-state index is 12.2. The highest BCUT2D eigenvalue weighted by Gasteiger charge is 2.02. The summed E-state index contributed by atoms with van der Waals surface area (Å²) in [6.07, 6.45) is 3.46. The Hall–Kier alpha value is -2.93. The smallest absolute Gasteiger partial charge is 0.185 e. The molecule has 0 aliphatic carbocycles. The molecule has 1 nitrogen and oxygen atoms in total. The Balaban J connectivity index is 1.75. The van der Waals surface area contributed by atoms with Crippen LogP contribution in [0.5, 0.6) is 0 Å². The van der Waals surface area contributed by atoms with Gasteiger partial charge in [0.15, 0.2) is 5.78 Å². The molecule has 106 valence electrons. The van der Waals surface area contributed by atoms with Crippen LogP contribution in [0.15, 0.2) is 91.0 Å². The molecule has 0 unspecified atom stereocenters. The van der Waals surface area contributed by atoms with Crippen molar-refractivity contribution in [2.24, 2.45) is 0 Å². The molecule has 0 heterocycles. The summed E-state index contributed by atoms with van der Waals surface area (Å²) in [5, 5.41) is 0. The van der Waals surface area contributed by atoms with Crippen LogP contribution < -0.4 is 0 Å². The van der Waals surface area contributed by atoms with Crippen LogP contribution in [0, 0.1) is 0 Å². The molecule has 22 heavy (non-hydrogen) atoms. The third-order valence-corrected chi connectivity index (χ3v) is 3.50. The molecule has 0 amide bonds. The van der Waals surface area contributed by atoms with Crippen LogP contribution in [0.2, 0.25) is 0 Å². The molecule has 1 heteroatoms. The van der Waals surface area contributed by atoms with E-state index in [1.54, 1.807) is 6.08 Å². The second-order valence-electron chi connectivity index (χ2n) is 5.05. The Kier molecular flexibility index (Phi) is 4.26. The molecule has 0 spiro atoms. The molecule has 0 fully saturated rings. The van der Waals surface area contributed by atoms with Gasteiger partial charge in [0, 0.05) is 5.56 Å². The van der Waals surface area contributed by atoms with Gasteiger partial charge in [-0.1, -0.05) is 91.0 Å². The molecule has 0 atom stereocenters. The minimum Gasteiger partial charge on any atom is -0.289 e. The van der Waals surface area contributed by atoms with Crippen molar-refractivity contribution in [2.45, 2.75) is 0 Å². The lowest BCUT2D eigenvalue weighted by molar-refractivity contribution is 0.104. The Labute approximate surface area is 130 Å². The SMILES string of the molecule is O=C(/C=C\c1ccccc1)c1ccc(-c2ccccc2)cc1. The van der Waals surface area contributed by atoms with E-state index in [0.717, 1.165) is 16.7 Å². The summed E-state index contributed by atoms with van der Waals surface area (Å²) in [6.45, 7) is 0. The van der Waals surface area contributed by atoms with E-state index in [9.17, 15) is 4.79 Å². The quantitative estimate of drug-likeness (QED) is 0.472. The molecule has 0 saturated carbocycles. The first-order chi connectivity index (χ1) is 10.8. The zero-order chi connectivity index (χ0) is 15.2. The number of rotatable bonds is 4. The number of benzene rings is 3. The lowest BCUT2D eigenvalue weighted by Gasteiger charge is -2.02. The Morgan fingerprint density at radius 2 is 1.18 bits per heavy atom. The molecular formula is C21H16O. The predicted octanol–water partition coefficient (Wildman–Crippen LogP) is 5.25. The minimum absolute atomic E-state index is 0.0171. The fourth-order valence-electron chi connectivity index (χ4n) is 2.29. The molecule has 3 aromatic carbocycles. The van der Waals surface area contributed by atoms with E-state index in [-0.39, 0.29) is 5.78 Å². The Morgan fingerprint density at radius 1 is 0.636 bits per heavy atom. The number of carbonyl (C=O) groups excluding carboxylic acids is 1. The highest BCUT2D eigenvalue weighted by molar-refractivity contribution is 6.07. The van der Waals surface area contributed by atoms with Crippen molar-refractivity contribution >= 4 is 11.9 Å². The number of allylic oxidation sites excluding steroid dienone is 1. The Bertz CT molecular complexity index is 769. The molecule has 0 N–H and O–H groups in total. The maximum absolute atomic E-state index is 12.2. The van der Waals surface area contributed by atoms with Crippen LogP contribution in [-0.4, -0.2) is 5.78 Å². The van der Waals surface area contributed by atoms with Crippen molar-refractivity contribution in [3.63, 3.8) is 0 Å². The summed E-state index contributed by atoms with van der Waals surface area (Å²) < 4.78 is 0. The van der Waals surface area contributed by atoms with Gasteiger partial charge in [0.1, 0.15) is 0 Å². The largest absolute Gasteiger partial charge is 0.289 e. The van der Waals surface area contributed by atoms with Crippen molar-refractivity contribution in [3.05, 3.63) is 102 Å². The molecule has 0 bridgehead atoms. The summed E-state index contributed by atoms with van der Waals surface area (Å²) in [5.74, 6) is 0.0171. The van der Waals surface area contributed by atoms with Crippen molar-refractivity contribution in [1.29, 1.82) is 0 Å². The zero-order valence-corrected chi connectivity index (χ0v) is 12.1. The molecule has 3 aromatic rings. The average Bonchev–Trinajstić information content (AvgIpc) is 2.61. The topological polar surface area (TPSA) is 17.1 Å². The van der Waals surface area contributed by atoms with Crippen LogP contribution in [0.1, 0.15) is 15.9 Å². The summed E-state index contributed by atoms with van der Waals surface area (Å²) >= 11 is 0. The van der Waals surface area contributed by atoms with Gasteiger partial charge in [0.25, 0.3) is 0 Å².